The number of rotatable bonds is 7. The van der Waals surface area contributed by atoms with Crippen LogP contribution in [-0.2, 0) is 17.9 Å². The van der Waals surface area contributed by atoms with Crippen LogP contribution in [-0.4, -0.2) is 33.2 Å². The summed E-state index contributed by atoms with van der Waals surface area (Å²) >= 11 is 0. The van der Waals surface area contributed by atoms with Crippen LogP contribution in [0.1, 0.15) is 42.9 Å². The van der Waals surface area contributed by atoms with E-state index in [1.165, 1.54) is 7.11 Å². The maximum absolute atomic E-state index is 11.0. The van der Waals surface area contributed by atoms with E-state index in [1.807, 2.05) is 0 Å². The molecule has 0 spiro atoms. The van der Waals surface area contributed by atoms with Crippen molar-refractivity contribution in [3.05, 3.63) is 11.4 Å². The molecule has 0 aromatic carbocycles. The second-order valence-electron chi connectivity index (χ2n) is 4.20. The molecule has 1 rings (SSSR count). The van der Waals surface area contributed by atoms with Gasteiger partial charge in [0.25, 0.3) is 0 Å². The number of aromatic nitrogens is 3. The molecule has 0 aliphatic rings. The lowest BCUT2D eigenvalue weighted by atomic mass is 10.1. The molecule has 0 amide bonds. The number of nitrogens with zero attached hydrogens (tertiary/aromatic N) is 3. The summed E-state index contributed by atoms with van der Waals surface area (Å²) in [4.78, 5) is 11.0. The number of carboxylic acid groups (broad SMARTS) is 1. The molecule has 0 aliphatic heterocycles. The van der Waals surface area contributed by atoms with E-state index in [0.29, 0.717) is 18.2 Å². The van der Waals surface area contributed by atoms with Crippen molar-refractivity contribution in [3.63, 3.8) is 0 Å². The third-order valence-electron chi connectivity index (χ3n) is 2.59. The standard InChI is InChI=1S/C11H19N3O3/c1-4-5-8(2)6-14-9(7-17-3)10(11(15)16)12-13-14/h8H,4-7H2,1-3H3,(H,15,16). The molecule has 1 heterocycles. The third-order valence-corrected chi connectivity index (χ3v) is 2.59. The zero-order valence-corrected chi connectivity index (χ0v) is 10.5. The molecular formula is C11H19N3O3. The molecule has 0 saturated carbocycles. The number of carbonyl (C=O) groups is 1. The van der Waals surface area contributed by atoms with Gasteiger partial charge in [-0.3, -0.25) is 0 Å². The predicted molar refractivity (Wildman–Crippen MR) is 61.8 cm³/mol. The molecule has 96 valence electrons. The minimum atomic E-state index is -1.06. The molecule has 0 radical (unpaired) electrons. The molecule has 1 aromatic heterocycles. The van der Waals surface area contributed by atoms with Crippen LogP contribution < -0.4 is 0 Å². The highest BCUT2D eigenvalue weighted by molar-refractivity contribution is 5.86. The third kappa shape index (κ3) is 3.52. The van der Waals surface area contributed by atoms with Gasteiger partial charge in [-0.05, 0) is 12.3 Å². The van der Waals surface area contributed by atoms with Gasteiger partial charge in [0.2, 0.25) is 0 Å². The van der Waals surface area contributed by atoms with Crippen LogP contribution in [0.4, 0.5) is 0 Å². The maximum Gasteiger partial charge on any atom is 0.358 e. The molecule has 1 N–H and O–H groups in total. The van der Waals surface area contributed by atoms with Crippen molar-refractivity contribution < 1.29 is 14.6 Å². The van der Waals surface area contributed by atoms with Crippen LogP contribution in [0.3, 0.4) is 0 Å². The number of ether oxygens (including phenoxy) is 1. The number of hydrogen-bond donors (Lipinski definition) is 1. The molecule has 6 heteroatoms. The predicted octanol–water partition coefficient (Wildman–Crippen LogP) is 1.56. The Morgan fingerprint density at radius 2 is 2.29 bits per heavy atom. The lowest BCUT2D eigenvalue weighted by Crippen LogP contribution is -2.14. The monoisotopic (exact) mass is 241 g/mol. The van der Waals surface area contributed by atoms with Crippen LogP contribution >= 0.6 is 0 Å². The number of methoxy groups -OCH3 is 1. The maximum atomic E-state index is 11.0. The first-order valence-corrected chi connectivity index (χ1v) is 5.74. The zero-order chi connectivity index (χ0) is 12.8. The molecule has 0 aliphatic carbocycles. The Labute approximate surface area is 101 Å². The molecule has 0 bridgehead atoms. The normalized spacial score (nSPS) is 12.6. The lowest BCUT2D eigenvalue weighted by Gasteiger charge is -2.11. The second kappa shape index (κ2) is 6.34. The Balaban J connectivity index is 2.87. The van der Waals surface area contributed by atoms with E-state index in [0.717, 1.165) is 12.8 Å². The number of carboxylic acids is 1. The number of hydrogen-bond acceptors (Lipinski definition) is 4. The van der Waals surface area contributed by atoms with E-state index >= 15 is 0 Å². The molecule has 0 saturated heterocycles. The minimum absolute atomic E-state index is 0.0180. The second-order valence-corrected chi connectivity index (χ2v) is 4.20. The van der Waals surface area contributed by atoms with Gasteiger partial charge in [-0.1, -0.05) is 25.5 Å². The van der Waals surface area contributed by atoms with Crippen molar-refractivity contribution in [1.29, 1.82) is 0 Å². The summed E-state index contributed by atoms with van der Waals surface area (Å²) < 4.78 is 6.63. The van der Waals surface area contributed by atoms with Crippen molar-refractivity contribution >= 4 is 5.97 Å². The highest BCUT2D eigenvalue weighted by Crippen LogP contribution is 2.12. The Morgan fingerprint density at radius 3 is 2.82 bits per heavy atom. The van der Waals surface area contributed by atoms with E-state index < -0.39 is 5.97 Å². The van der Waals surface area contributed by atoms with Gasteiger partial charge in [0.05, 0.1) is 12.3 Å². The summed E-state index contributed by atoms with van der Waals surface area (Å²) in [6.45, 7) is 5.12. The van der Waals surface area contributed by atoms with Crippen molar-refractivity contribution in [2.45, 2.75) is 39.8 Å². The highest BCUT2D eigenvalue weighted by Gasteiger charge is 2.19. The van der Waals surface area contributed by atoms with E-state index in [2.05, 4.69) is 24.2 Å². The summed E-state index contributed by atoms with van der Waals surface area (Å²) in [5.74, 6) is -0.620. The van der Waals surface area contributed by atoms with E-state index in [4.69, 9.17) is 9.84 Å². The first-order valence-electron chi connectivity index (χ1n) is 5.74. The Bertz CT molecular complexity index is 376. The Morgan fingerprint density at radius 1 is 1.59 bits per heavy atom. The summed E-state index contributed by atoms with van der Waals surface area (Å²) in [7, 11) is 1.53. The SMILES string of the molecule is CCCC(C)Cn1nnc(C(=O)O)c1COC. The average Bonchev–Trinajstić information content (AvgIpc) is 2.63. The van der Waals surface area contributed by atoms with E-state index in [-0.39, 0.29) is 12.3 Å². The van der Waals surface area contributed by atoms with Gasteiger partial charge in [0.15, 0.2) is 5.69 Å². The minimum Gasteiger partial charge on any atom is -0.476 e. The summed E-state index contributed by atoms with van der Waals surface area (Å²) in [5.41, 5.74) is 0.513. The fourth-order valence-electron chi connectivity index (χ4n) is 1.80. The largest absolute Gasteiger partial charge is 0.476 e. The molecule has 1 unspecified atom stereocenters. The molecule has 1 aromatic rings. The van der Waals surface area contributed by atoms with Gasteiger partial charge in [0, 0.05) is 13.7 Å². The first kappa shape index (κ1) is 13.6. The number of aromatic carboxylic acids is 1. The summed E-state index contributed by atoms with van der Waals surface area (Å²) in [6.07, 6.45) is 2.18. The average molecular weight is 241 g/mol. The topological polar surface area (TPSA) is 77.2 Å². The van der Waals surface area contributed by atoms with Gasteiger partial charge < -0.3 is 9.84 Å². The molecule has 17 heavy (non-hydrogen) atoms. The Kier molecular flexibility index (Phi) is 5.09. The highest BCUT2D eigenvalue weighted by atomic mass is 16.5. The first-order chi connectivity index (χ1) is 8.10. The van der Waals surface area contributed by atoms with Crippen LogP contribution in [0.5, 0.6) is 0 Å². The molecule has 1 atom stereocenters. The van der Waals surface area contributed by atoms with Gasteiger partial charge in [-0.15, -0.1) is 5.10 Å². The lowest BCUT2D eigenvalue weighted by molar-refractivity contribution is 0.0684. The van der Waals surface area contributed by atoms with Crippen molar-refractivity contribution in [1.82, 2.24) is 15.0 Å². The molecule has 0 fully saturated rings. The Hall–Kier alpha value is -1.43. The van der Waals surface area contributed by atoms with Gasteiger partial charge >= 0.3 is 5.97 Å². The summed E-state index contributed by atoms with van der Waals surface area (Å²) in [6, 6.07) is 0. The quantitative estimate of drug-likeness (QED) is 0.783. The van der Waals surface area contributed by atoms with E-state index in [9.17, 15) is 4.79 Å². The zero-order valence-electron chi connectivity index (χ0n) is 10.5. The van der Waals surface area contributed by atoms with Gasteiger partial charge in [-0.2, -0.15) is 0 Å². The van der Waals surface area contributed by atoms with Crippen LogP contribution in [0.25, 0.3) is 0 Å². The van der Waals surface area contributed by atoms with Gasteiger partial charge in [0.1, 0.15) is 0 Å². The van der Waals surface area contributed by atoms with Crippen molar-refractivity contribution in [2.75, 3.05) is 7.11 Å². The molecular weight excluding hydrogens is 222 g/mol. The summed E-state index contributed by atoms with van der Waals surface area (Å²) in [5, 5.41) is 16.5. The molecule has 6 nitrogen and oxygen atoms in total. The van der Waals surface area contributed by atoms with Crippen molar-refractivity contribution in [3.8, 4) is 0 Å². The smallest absolute Gasteiger partial charge is 0.358 e. The fourth-order valence-corrected chi connectivity index (χ4v) is 1.80. The van der Waals surface area contributed by atoms with Crippen LogP contribution in [0.15, 0.2) is 0 Å². The van der Waals surface area contributed by atoms with E-state index in [1.54, 1.807) is 4.68 Å². The van der Waals surface area contributed by atoms with Crippen LogP contribution in [0.2, 0.25) is 0 Å². The van der Waals surface area contributed by atoms with Crippen LogP contribution in [0, 0.1) is 5.92 Å². The van der Waals surface area contributed by atoms with Gasteiger partial charge in [-0.25, -0.2) is 9.48 Å². The fraction of sp³-hybridized carbons (Fsp3) is 0.727. The van der Waals surface area contributed by atoms with Crippen molar-refractivity contribution in [2.24, 2.45) is 5.92 Å².